The third-order valence-electron chi connectivity index (χ3n) is 5.64. The van der Waals surface area contributed by atoms with Crippen molar-refractivity contribution >= 4 is 23.2 Å². The van der Waals surface area contributed by atoms with Crippen LogP contribution < -0.4 is 9.64 Å². The molecule has 0 radical (unpaired) electrons. The van der Waals surface area contributed by atoms with Crippen LogP contribution in [0.4, 0.5) is 5.69 Å². The number of nitrogens with zero attached hydrogens (tertiary/aromatic N) is 2. The van der Waals surface area contributed by atoms with Crippen LogP contribution in [0.15, 0.2) is 42.5 Å². The van der Waals surface area contributed by atoms with Crippen LogP contribution in [0.5, 0.6) is 5.75 Å². The third kappa shape index (κ3) is 4.85. The smallest absolute Gasteiger partial charge is 0.253 e. The molecular weight excluding hydrogens is 388 g/mol. The summed E-state index contributed by atoms with van der Waals surface area (Å²) < 4.78 is 11.4. The Labute approximate surface area is 177 Å². The van der Waals surface area contributed by atoms with Gasteiger partial charge in [-0.15, -0.1) is 0 Å². The molecule has 0 spiro atoms. The summed E-state index contributed by atoms with van der Waals surface area (Å²) in [6.45, 7) is 6.48. The lowest BCUT2D eigenvalue weighted by atomic mass is 10.1. The fourth-order valence-corrected chi connectivity index (χ4v) is 4.08. The molecule has 2 aliphatic rings. The molecular formula is C23H27ClN2O3. The SMILES string of the molecule is Cc1ccc(Cl)cc1N1CCN(C(=O)c2ccc(OC[C@H]3CCCO3)cc2)CC1. The van der Waals surface area contributed by atoms with Crippen LogP contribution in [0.1, 0.15) is 28.8 Å². The quantitative estimate of drug-likeness (QED) is 0.736. The number of aryl methyl sites for hydroxylation is 1. The molecule has 29 heavy (non-hydrogen) atoms. The number of hydrogen-bond acceptors (Lipinski definition) is 4. The molecule has 1 atom stereocenters. The molecule has 0 saturated carbocycles. The number of carbonyl (C=O) groups excluding carboxylic acids is 1. The van der Waals surface area contributed by atoms with Gasteiger partial charge in [-0.3, -0.25) is 4.79 Å². The van der Waals surface area contributed by atoms with Crippen molar-refractivity contribution < 1.29 is 14.3 Å². The number of amides is 1. The Balaban J connectivity index is 1.31. The molecule has 0 aliphatic carbocycles. The Morgan fingerprint density at radius 3 is 2.59 bits per heavy atom. The molecule has 2 fully saturated rings. The Hall–Kier alpha value is -2.24. The molecule has 2 aliphatic heterocycles. The highest BCUT2D eigenvalue weighted by molar-refractivity contribution is 6.30. The summed E-state index contributed by atoms with van der Waals surface area (Å²) >= 11 is 6.16. The number of hydrogen-bond donors (Lipinski definition) is 0. The van der Waals surface area contributed by atoms with E-state index in [1.54, 1.807) is 0 Å². The summed E-state index contributed by atoms with van der Waals surface area (Å²) in [5, 5.41) is 0.742. The van der Waals surface area contributed by atoms with Gasteiger partial charge in [0.05, 0.1) is 6.10 Å². The van der Waals surface area contributed by atoms with Gasteiger partial charge in [-0.1, -0.05) is 17.7 Å². The maximum Gasteiger partial charge on any atom is 0.253 e. The van der Waals surface area contributed by atoms with Gasteiger partial charge >= 0.3 is 0 Å². The van der Waals surface area contributed by atoms with Crippen molar-refractivity contribution in [3.8, 4) is 5.75 Å². The van der Waals surface area contributed by atoms with Gasteiger partial charge in [0.2, 0.25) is 0 Å². The zero-order chi connectivity index (χ0) is 20.2. The molecule has 0 N–H and O–H groups in total. The molecule has 0 bridgehead atoms. The van der Waals surface area contributed by atoms with E-state index in [0.717, 1.165) is 49.0 Å². The Kier molecular flexibility index (Phi) is 6.26. The topological polar surface area (TPSA) is 42.0 Å². The molecule has 2 heterocycles. The monoisotopic (exact) mass is 414 g/mol. The standard InChI is InChI=1S/C23H27ClN2O3/c1-17-4-7-19(24)15-22(17)25-10-12-26(13-11-25)23(27)18-5-8-20(9-6-18)29-16-21-3-2-14-28-21/h4-9,15,21H,2-3,10-14,16H2,1H3/t21-/m1/s1. The van der Waals surface area contributed by atoms with E-state index in [-0.39, 0.29) is 12.0 Å². The maximum absolute atomic E-state index is 12.9. The lowest BCUT2D eigenvalue weighted by Crippen LogP contribution is -2.49. The second kappa shape index (κ2) is 9.06. The zero-order valence-corrected chi connectivity index (χ0v) is 17.5. The lowest BCUT2D eigenvalue weighted by molar-refractivity contribution is 0.0678. The largest absolute Gasteiger partial charge is 0.491 e. The van der Waals surface area contributed by atoms with E-state index in [4.69, 9.17) is 21.1 Å². The van der Waals surface area contributed by atoms with Gasteiger partial charge < -0.3 is 19.3 Å². The normalized spacial score (nSPS) is 19.4. The summed E-state index contributed by atoms with van der Waals surface area (Å²) in [7, 11) is 0. The Morgan fingerprint density at radius 1 is 1.14 bits per heavy atom. The van der Waals surface area contributed by atoms with Gasteiger partial charge in [0.15, 0.2) is 0 Å². The Bertz CT molecular complexity index is 842. The zero-order valence-electron chi connectivity index (χ0n) is 16.8. The van der Waals surface area contributed by atoms with Crippen molar-refractivity contribution in [2.24, 2.45) is 0 Å². The molecule has 2 saturated heterocycles. The van der Waals surface area contributed by atoms with Crippen LogP contribution in [-0.2, 0) is 4.74 Å². The van der Waals surface area contributed by atoms with Crippen LogP contribution in [0.25, 0.3) is 0 Å². The van der Waals surface area contributed by atoms with Crippen LogP contribution in [0, 0.1) is 6.92 Å². The molecule has 0 unspecified atom stereocenters. The van der Waals surface area contributed by atoms with Crippen LogP contribution in [0.2, 0.25) is 5.02 Å². The number of rotatable bonds is 5. The van der Waals surface area contributed by atoms with Crippen LogP contribution >= 0.6 is 11.6 Å². The molecule has 1 amide bonds. The van der Waals surface area contributed by atoms with Gasteiger partial charge in [0.25, 0.3) is 5.91 Å². The molecule has 4 rings (SSSR count). The summed E-state index contributed by atoms with van der Waals surface area (Å²) in [6.07, 6.45) is 2.35. The lowest BCUT2D eigenvalue weighted by Gasteiger charge is -2.37. The van der Waals surface area contributed by atoms with Crippen molar-refractivity contribution in [1.29, 1.82) is 0 Å². The predicted octanol–water partition coefficient (Wildman–Crippen LogP) is 4.17. The molecule has 2 aromatic rings. The van der Waals surface area contributed by atoms with Gasteiger partial charge in [-0.25, -0.2) is 0 Å². The summed E-state index contributed by atoms with van der Waals surface area (Å²) in [6, 6.07) is 13.4. The van der Waals surface area contributed by atoms with Gasteiger partial charge in [-0.05, 0) is 61.7 Å². The highest BCUT2D eigenvalue weighted by atomic mass is 35.5. The number of ether oxygens (including phenoxy) is 2. The molecule has 6 heteroatoms. The number of carbonyl (C=O) groups is 1. The molecule has 0 aromatic heterocycles. The summed E-state index contributed by atoms with van der Waals surface area (Å²) in [4.78, 5) is 17.1. The van der Waals surface area contributed by atoms with Crippen molar-refractivity contribution in [2.45, 2.75) is 25.9 Å². The number of halogens is 1. The highest BCUT2D eigenvalue weighted by Crippen LogP contribution is 2.26. The van der Waals surface area contributed by atoms with E-state index < -0.39 is 0 Å². The third-order valence-corrected chi connectivity index (χ3v) is 5.88. The minimum atomic E-state index is 0.0677. The van der Waals surface area contributed by atoms with Gasteiger partial charge in [-0.2, -0.15) is 0 Å². The first kappa shape index (κ1) is 20.0. The van der Waals surface area contributed by atoms with Gasteiger partial charge in [0, 0.05) is 49.1 Å². The maximum atomic E-state index is 12.9. The van der Waals surface area contributed by atoms with E-state index in [0.29, 0.717) is 25.3 Å². The highest BCUT2D eigenvalue weighted by Gasteiger charge is 2.23. The second-order valence-electron chi connectivity index (χ2n) is 7.68. The molecule has 2 aromatic carbocycles. The minimum Gasteiger partial charge on any atom is -0.491 e. The number of piperazine rings is 1. The Morgan fingerprint density at radius 2 is 1.90 bits per heavy atom. The second-order valence-corrected chi connectivity index (χ2v) is 8.12. The fourth-order valence-electron chi connectivity index (χ4n) is 3.91. The van der Waals surface area contributed by atoms with E-state index in [1.807, 2.05) is 47.4 Å². The first-order valence-electron chi connectivity index (χ1n) is 10.2. The average molecular weight is 415 g/mol. The van der Waals surface area contributed by atoms with Crippen LogP contribution in [0.3, 0.4) is 0 Å². The van der Waals surface area contributed by atoms with E-state index >= 15 is 0 Å². The summed E-state index contributed by atoms with van der Waals surface area (Å²) in [5.74, 6) is 0.844. The first-order chi connectivity index (χ1) is 14.1. The fraction of sp³-hybridized carbons (Fsp3) is 0.435. The number of benzene rings is 2. The minimum absolute atomic E-state index is 0.0677. The average Bonchev–Trinajstić information content (AvgIpc) is 3.28. The van der Waals surface area contributed by atoms with Gasteiger partial charge in [0.1, 0.15) is 12.4 Å². The predicted molar refractivity (Wildman–Crippen MR) is 115 cm³/mol. The van der Waals surface area contributed by atoms with Crippen molar-refractivity contribution in [2.75, 3.05) is 44.3 Å². The number of anilines is 1. The molecule has 5 nitrogen and oxygen atoms in total. The van der Waals surface area contributed by atoms with Crippen molar-refractivity contribution in [3.63, 3.8) is 0 Å². The molecule has 154 valence electrons. The van der Waals surface area contributed by atoms with Crippen molar-refractivity contribution in [3.05, 3.63) is 58.6 Å². The van der Waals surface area contributed by atoms with E-state index in [9.17, 15) is 4.79 Å². The van der Waals surface area contributed by atoms with Crippen molar-refractivity contribution in [1.82, 2.24) is 4.90 Å². The first-order valence-corrected chi connectivity index (χ1v) is 10.6. The van der Waals surface area contributed by atoms with E-state index in [2.05, 4.69) is 11.8 Å². The van der Waals surface area contributed by atoms with Crippen LogP contribution in [-0.4, -0.2) is 56.3 Å². The summed E-state index contributed by atoms with van der Waals surface area (Å²) in [5.41, 5.74) is 3.05. The van der Waals surface area contributed by atoms with E-state index in [1.165, 1.54) is 5.56 Å².